The molecule has 10 heteroatoms. The second kappa shape index (κ2) is 7.91. The quantitative estimate of drug-likeness (QED) is 0.378. The third-order valence-corrected chi connectivity index (χ3v) is 7.72. The zero-order valence-electron chi connectivity index (χ0n) is 17.9. The molecule has 0 unspecified atom stereocenters. The Hall–Kier alpha value is -2.33. The lowest BCUT2D eigenvalue weighted by Gasteiger charge is -2.21. The van der Waals surface area contributed by atoms with Crippen LogP contribution in [-0.2, 0) is 18.6 Å². The number of nitrogens with zero attached hydrogens (tertiary/aromatic N) is 5. The van der Waals surface area contributed by atoms with E-state index in [1.807, 2.05) is 24.6 Å². The number of piperidine rings is 1. The van der Waals surface area contributed by atoms with Crippen molar-refractivity contribution >= 4 is 11.8 Å². The van der Waals surface area contributed by atoms with Gasteiger partial charge in [-0.2, -0.15) is 13.2 Å². The van der Waals surface area contributed by atoms with Crippen LogP contribution in [0.4, 0.5) is 13.2 Å². The molecule has 6 nitrogen and oxygen atoms in total. The van der Waals surface area contributed by atoms with Crippen LogP contribution in [0.15, 0.2) is 40.2 Å². The molecule has 1 aliphatic heterocycles. The first-order valence-corrected chi connectivity index (χ1v) is 11.6. The highest BCUT2D eigenvalue weighted by Crippen LogP contribution is 2.59. The number of hydrogen-bond donors (Lipinski definition) is 0. The van der Waals surface area contributed by atoms with Gasteiger partial charge in [0, 0.05) is 31.3 Å². The molecule has 170 valence electrons. The van der Waals surface area contributed by atoms with E-state index < -0.39 is 11.7 Å². The van der Waals surface area contributed by atoms with Crippen molar-refractivity contribution in [2.24, 2.45) is 13.0 Å². The Bertz CT molecular complexity index is 1130. The molecule has 0 N–H and O–H groups in total. The first-order chi connectivity index (χ1) is 15.3. The molecule has 2 fully saturated rings. The van der Waals surface area contributed by atoms with E-state index in [1.54, 1.807) is 11.8 Å². The van der Waals surface area contributed by atoms with Crippen molar-refractivity contribution in [3.05, 3.63) is 47.5 Å². The van der Waals surface area contributed by atoms with E-state index in [0.29, 0.717) is 17.5 Å². The van der Waals surface area contributed by atoms with E-state index in [4.69, 9.17) is 4.42 Å². The minimum absolute atomic E-state index is 0.0954. The number of aromatic nitrogens is 4. The highest BCUT2D eigenvalue weighted by atomic mass is 32.2. The molecule has 0 radical (unpaired) electrons. The Balaban J connectivity index is 1.14. The molecule has 0 amide bonds. The second-order valence-corrected chi connectivity index (χ2v) is 9.77. The standard InChI is InChI=1S/C22H24F3N5OS/c1-14-18(31-13-26-14)19-27-28-20(29(19)2)32-8-4-7-30-11-17-10-21(17,12-30)15-5-3-6-16(9-15)22(23,24)25/h3,5-6,9,13,17H,4,7-8,10-12H2,1-2H3/t17-,21+/m0/s1. The summed E-state index contributed by atoms with van der Waals surface area (Å²) in [4.78, 5) is 6.48. The fourth-order valence-corrected chi connectivity index (χ4v) is 5.65. The van der Waals surface area contributed by atoms with Crippen molar-refractivity contribution in [3.63, 3.8) is 0 Å². The van der Waals surface area contributed by atoms with E-state index in [0.717, 1.165) is 60.7 Å². The molecular formula is C22H24F3N5OS. The van der Waals surface area contributed by atoms with Gasteiger partial charge >= 0.3 is 6.18 Å². The van der Waals surface area contributed by atoms with Crippen LogP contribution < -0.4 is 0 Å². The van der Waals surface area contributed by atoms with Gasteiger partial charge < -0.3 is 13.9 Å². The Morgan fingerprint density at radius 2 is 2.12 bits per heavy atom. The molecule has 1 saturated carbocycles. The zero-order chi connectivity index (χ0) is 22.5. The second-order valence-electron chi connectivity index (χ2n) is 8.70. The number of benzene rings is 1. The normalized spacial score (nSPS) is 23.0. The molecule has 1 aromatic carbocycles. The number of fused-ring (bicyclic) bond motifs is 1. The van der Waals surface area contributed by atoms with E-state index in [2.05, 4.69) is 20.1 Å². The van der Waals surface area contributed by atoms with Gasteiger partial charge in [-0.1, -0.05) is 30.0 Å². The topological polar surface area (TPSA) is 60.0 Å². The van der Waals surface area contributed by atoms with Gasteiger partial charge in [0.05, 0.1) is 11.3 Å². The van der Waals surface area contributed by atoms with Gasteiger partial charge in [0.2, 0.25) is 5.82 Å². The van der Waals surface area contributed by atoms with Gasteiger partial charge in [-0.05, 0) is 43.9 Å². The first kappa shape index (κ1) is 21.5. The molecule has 5 rings (SSSR count). The smallest absolute Gasteiger partial charge is 0.416 e. The summed E-state index contributed by atoms with van der Waals surface area (Å²) in [5, 5.41) is 9.31. The molecule has 1 saturated heterocycles. The third-order valence-electron chi connectivity index (χ3n) is 6.61. The summed E-state index contributed by atoms with van der Waals surface area (Å²) >= 11 is 1.64. The molecule has 2 aromatic heterocycles. The van der Waals surface area contributed by atoms with Crippen LogP contribution in [0.3, 0.4) is 0 Å². The number of aryl methyl sites for hydroxylation is 1. The fraction of sp³-hybridized carbons (Fsp3) is 0.500. The number of rotatable bonds is 7. The van der Waals surface area contributed by atoms with E-state index in [9.17, 15) is 13.2 Å². The van der Waals surface area contributed by atoms with E-state index in [-0.39, 0.29) is 5.41 Å². The number of likely N-dealkylation sites (tertiary alicyclic amines) is 1. The molecular weight excluding hydrogens is 439 g/mol. The maximum absolute atomic E-state index is 13.1. The summed E-state index contributed by atoms with van der Waals surface area (Å²) in [6.07, 6.45) is -0.931. The fourth-order valence-electron chi connectivity index (χ4n) is 4.82. The first-order valence-electron chi connectivity index (χ1n) is 10.6. The van der Waals surface area contributed by atoms with Crippen LogP contribution in [0.25, 0.3) is 11.6 Å². The molecule has 0 spiro atoms. The van der Waals surface area contributed by atoms with Crippen molar-refractivity contribution < 1.29 is 17.6 Å². The summed E-state index contributed by atoms with van der Waals surface area (Å²) in [6.45, 7) is 4.59. The van der Waals surface area contributed by atoms with Gasteiger partial charge in [0.25, 0.3) is 0 Å². The van der Waals surface area contributed by atoms with Crippen LogP contribution in [-0.4, -0.2) is 50.0 Å². The van der Waals surface area contributed by atoms with Gasteiger partial charge in [-0.15, -0.1) is 10.2 Å². The van der Waals surface area contributed by atoms with Crippen LogP contribution in [0.2, 0.25) is 0 Å². The maximum atomic E-state index is 13.1. The number of hydrogen-bond acceptors (Lipinski definition) is 6. The Morgan fingerprint density at radius 1 is 1.28 bits per heavy atom. The Kier molecular flexibility index (Phi) is 5.32. The number of oxazole rings is 1. The summed E-state index contributed by atoms with van der Waals surface area (Å²) in [7, 11) is 1.91. The summed E-state index contributed by atoms with van der Waals surface area (Å²) in [6, 6.07) is 5.90. The SMILES string of the molecule is Cc1ncoc1-c1nnc(SCCCN2C[C@@H]3C[C@]3(c3cccc(C(F)(F)F)c3)C2)n1C. The lowest BCUT2D eigenvalue weighted by molar-refractivity contribution is -0.137. The summed E-state index contributed by atoms with van der Waals surface area (Å²) in [5.74, 6) is 2.64. The van der Waals surface area contributed by atoms with Crippen LogP contribution in [0.5, 0.6) is 0 Å². The average molecular weight is 464 g/mol. The molecule has 3 heterocycles. The lowest BCUT2D eigenvalue weighted by Crippen LogP contribution is -2.28. The highest BCUT2D eigenvalue weighted by molar-refractivity contribution is 7.99. The largest absolute Gasteiger partial charge is 0.440 e. The minimum Gasteiger partial charge on any atom is -0.440 e. The Morgan fingerprint density at radius 3 is 2.88 bits per heavy atom. The predicted octanol–water partition coefficient (Wildman–Crippen LogP) is 4.55. The van der Waals surface area contributed by atoms with Crippen LogP contribution in [0, 0.1) is 12.8 Å². The molecule has 2 aliphatic rings. The Labute approximate surface area is 188 Å². The number of halogens is 3. The van der Waals surface area contributed by atoms with Crippen molar-refractivity contribution in [2.45, 2.75) is 36.5 Å². The zero-order valence-corrected chi connectivity index (χ0v) is 18.7. The maximum Gasteiger partial charge on any atom is 0.416 e. The molecule has 3 aromatic rings. The monoisotopic (exact) mass is 463 g/mol. The van der Waals surface area contributed by atoms with E-state index in [1.165, 1.54) is 18.5 Å². The van der Waals surface area contributed by atoms with Crippen molar-refractivity contribution in [3.8, 4) is 11.6 Å². The van der Waals surface area contributed by atoms with Crippen molar-refractivity contribution in [1.82, 2.24) is 24.6 Å². The third kappa shape index (κ3) is 3.83. The molecule has 0 bridgehead atoms. The molecule has 2 atom stereocenters. The van der Waals surface area contributed by atoms with Crippen molar-refractivity contribution in [1.29, 1.82) is 0 Å². The van der Waals surface area contributed by atoms with Gasteiger partial charge in [0.15, 0.2) is 17.3 Å². The van der Waals surface area contributed by atoms with Crippen LogP contribution in [0.1, 0.15) is 29.7 Å². The highest BCUT2D eigenvalue weighted by Gasteiger charge is 2.60. The van der Waals surface area contributed by atoms with Gasteiger partial charge in [-0.25, -0.2) is 4.98 Å². The van der Waals surface area contributed by atoms with Gasteiger partial charge in [-0.3, -0.25) is 0 Å². The minimum atomic E-state index is -4.29. The van der Waals surface area contributed by atoms with Crippen molar-refractivity contribution in [2.75, 3.05) is 25.4 Å². The van der Waals surface area contributed by atoms with Crippen LogP contribution >= 0.6 is 11.8 Å². The summed E-state index contributed by atoms with van der Waals surface area (Å²) in [5.41, 5.74) is 0.971. The molecule has 1 aliphatic carbocycles. The summed E-state index contributed by atoms with van der Waals surface area (Å²) < 4.78 is 46.7. The number of thioether (sulfide) groups is 1. The average Bonchev–Trinajstić information content (AvgIpc) is 3.05. The van der Waals surface area contributed by atoms with Gasteiger partial charge in [0.1, 0.15) is 0 Å². The molecule has 32 heavy (non-hydrogen) atoms. The predicted molar refractivity (Wildman–Crippen MR) is 114 cm³/mol. The lowest BCUT2D eigenvalue weighted by atomic mass is 9.93. The van der Waals surface area contributed by atoms with E-state index >= 15 is 0 Å². The number of alkyl halides is 3.